The lowest BCUT2D eigenvalue weighted by atomic mass is 10.1. The molecule has 2 fully saturated rings. The topological polar surface area (TPSA) is 35.9 Å². The molecule has 0 aliphatic carbocycles. The number of aryl methyl sites for hydroxylation is 1. The molecule has 2 saturated heterocycles. The number of hydrogen-bond donors (Lipinski definition) is 0. The van der Waals surface area contributed by atoms with E-state index in [0.29, 0.717) is 15.8 Å². The molecular weight excluding hydrogens is 313 g/mol. The highest BCUT2D eigenvalue weighted by Crippen LogP contribution is 2.33. The standard InChI is InChI=1S/C17H20FN3OS/c1-11-8-14(21-6-4-5-7-21)13(18)9-12(11)10-15-16(22)20(3)17(19-2)23-15/h8-10H,4-7H2,1-3H3/b15-10-,19-17?. The minimum absolute atomic E-state index is 0.0981. The molecule has 23 heavy (non-hydrogen) atoms. The fourth-order valence-electron chi connectivity index (χ4n) is 2.93. The summed E-state index contributed by atoms with van der Waals surface area (Å²) in [5.74, 6) is -0.323. The predicted octanol–water partition coefficient (Wildman–Crippen LogP) is 3.27. The average Bonchev–Trinajstić information content (AvgIpc) is 3.14. The lowest BCUT2D eigenvalue weighted by Crippen LogP contribution is -2.23. The van der Waals surface area contributed by atoms with Crippen LogP contribution in [0.4, 0.5) is 10.1 Å². The predicted molar refractivity (Wildman–Crippen MR) is 94.3 cm³/mol. The fraction of sp³-hybridized carbons (Fsp3) is 0.412. The second kappa shape index (κ2) is 6.35. The Bertz CT molecular complexity index is 708. The normalized spacial score (nSPS) is 22.0. The molecule has 3 rings (SSSR count). The number of anilines is 1. The Morgan fingerprint density at radius 3 is 2.61 bits per heavy atom. The zero-order valence-corrected chi connectivity index (χ0v) is 14.4. The number of nitrogens with zero attached hydrogens (tertiary/aromatic N) is 3. The van der Waals surface area contributed by atoms with Gasteiger partial charge < -0.3 is 4.90 Å². The Hall–Kier alpha value is -1.82. The Balaban J connectivity index is 1.93. The first-order valence-corrected chi connectivity index (χ1v) is 8.52. The van der Waals surface area contributed by atoms with Crippen LogP contribution in [0.5, 0.6) is 0 Å². The molecule has 0 atom stereocenters. The zero-order valence-electron chi connectivity index (χ0n) is 13.6. The molecule has 0 radical (unpaired) electrons. The van der Waals surface area contributed by atoms with Gasteiger partial charge in [-0.1, -0.05) is 0 Å². The summed E-state index contributed by atoms with van der Waals surface area (Å²) in [5.41, 5.74) is 2.38. The van der Waals surface area contributed by atoms with Crippen LogP contribution in [0.15, 0.2) is 22.0 Å². The van der Waals surface area contributed by atoms with Crippen molar-refractivity contribution in [1.29, 1.82) is 0 Å². The lowest BCUT2D eigenvalue weighted by molar-refractivity contribution is -0.121. The molecule has 122 valence electrons. The van der Waals surface area contributed by atoms with Crippen molar-refractivity contribution in [3.63, 3.8) is 0 Å². The van der Waals surface area contributed by atoms with Gasteiger partial charge in [0.05, 0.1) is 10.6 Å². The number of carbonyl (C=O) groups excluding carboxylic acids is 1. The van der Waals surface area contributed by atoms with Crippen LogP contribution in [0.2, 0.25) is 0 Å². The van der Waals surface area contributed by atoms with Crippen LogP contribution >= 0.6 is 11.8 Å². The van der Waals surface area contributed by atoms with E-state index in [2.05, 4.69) is 9.89 Å². The highest BCUT2D eigenvalue weighted by atomic mass is 32.2. The van der Waals surface area contributed by atoms with Gasteiger partial charge in [-0.2, -0.15) is 0 Å². The minimum Gasteiger partial charge on any atom is -0.369 e. The highest BCUT2D eigenvalue weighted by Gasteiger charge is 2.30. The van der Waals surface area contributed by atoms with Crippen LogP contribution in [0, 0.1) is 12.7 Å². The molecule has 2 aliphatic rings. The van der Waals surface area contributed by atoms with E-state index in [1.165, 1.54) is 22.7 Å². The SMILES string of the molecule is CN=C1S/C(=C\c2cc(F)c(N3CCCC3)cc2C)C(=O)N1C. The second-order valence-electron chi connectivity index (χ2n) is 5.84. The van der Waals surface area contributed by atoms with Crippen LogP contribution in [0.1, 0.15) is 24.0 Å². The first kappa shape index (κ1) is 16.1. The average molecular weight is 333 g/mol. The molecule has 1 aromatic rings. The molecule has 2 heterocycles. The number of rotatable bonds is 2. The largest absolute Gasteiger partial charge is 0.369 e. The van der Waals surface area contributed by atoms with Crippen molar-refractivity contribution in [3.05, 3.63) is 34.0 Å². The molecule has 0 unspecified atom stereocenters. The van der Waals surface area contributed by atoms with Gasteiger partial charge in [-0.15, -0.1) is 0 Å². The van der Waals surface area contributed by atoms with Crippen LogP contribution in [-0.2, 0) is 4.79 Å². The van der Waals surface area contributed by atoms with Crippen molar-refractivity contribution in [2.75, 3.05) is 32.1 Å². The van der Waals surface area contributed by atoms with E-state index in [1.54, 1.807) is 20.2 Å². The van der Waals surface area contributed by atoms with Gasteiger partial charge in [0, 0.05) is 27.2 Å². The van der Waals surface area contributed by atoms with E-state index in [9.17, 15) is 9.18 Å². The summed E-state index contributed by atoms with van der Waals surface area (Å²) >= 11 is 1.32. The summed E-state index contributed by atoms with van der Waals surface area (Å²) in [4.78, 5) is 20.5. The molecule has 6 heteroatoms. The summed E-state index contributed by atoms with van der Waals surface area (Å²) in [7, 11) is 3.35. The molecule has 0 N–H and O–H groups in total. The number of benzene rings is 1. The van der Waals surface area contributed by atoms with Crippen molar-refractivity contribution < 1.29 is 9.18 Å². The molecule has 1 aromatic carbocycles. The van der Waals surface area contributed by atoms with Crippen molar-refractivity contribution >= 4 is 34.6 Å². The third kappa shape index (κ3) is 3.00. The number of aliphatic imine (C=N–C) groups is 1. The van der Waals surface area contributed by atoms with Crippen LogP contribution < -0.4 is 4.90 Å². The van der Waals surface area contributed by atoms with E-state index >= 15 is 0 Å². The number of amides is 1. The Morgan fingerprint density at radius 1 is 1.30 bits per heavy atom. The summed E-state index contributed by atoms with van der Waals surface area (Å²) in [6.45, 7) is 3.77. The molecule has 0 aromatic heterocycles. The summed E-state index contributed by atoms with van der Waals surface area (Å²) in [6, 6.07) is 3.42. The number of carbonyl (C=O) groups is 1. The molecule has 2 aliphatic heterocycles. The second-order valence-corrected chi connectivity index (χ2v) is 6.84. The number of likely N-dealkylation sites (N-methyl/N-ethyl adjacent to an activating group) is 1. The maximum atomic E-state index is 14.5. The molecule has 4 nitrogen and oxygen atoms in total. The highest BCUT2D eigenvalue weighted by molar-refractivity contribution is 8.18. The number of thioether (sulfide) groups is 1. The fourth-order valence-corrected chi connectivity index (χ4v) is 3.85. The van der Waals surface area contributed by atoms with Crippen molar-refractivity contribution in [2.45, 2.75) is 19.8 Å². The quantitative estimate of drug-likeness (QED) is 0.779. The smallest absolute Gasteiger partial charge is 0.266 e. The van der Waals surface area contributed by atoms with E-state index in [4.69, 9.17) is 0 Å². The van der Waals surface area contributed by atoms with Crippen molar-refractivity contribution in [2.24, 2.45) is 4.99 Å². The van der Waals surface area contributed by atoms with Gasteiger partial charge in [-0.3, -0.25) is 14.7 Å². The minimum atomic E-state index is -0.225. The molecule has 0 saturated carbocycles. The molecular formula is C17H20FN3OS. The summed E-state index contributed by atoms with van der Waals surface area (Å²) in [5, 5.41) is 0.660. The molecule has 1 amide bonds. The zero-order chi connectivity index (χ0) is 16.6. The van der Waals surface area contributed by atoms with E-state index in [1.807, 2.05) is 13.0 Å². The number of amidine groups is 1. The van der Waals surface area contributed by atoms with E-state index in [0.717, 1.165) is 37.1 Å². The van der Waals surface area contributed by atoms with Crippen molar-refractivity contribution in [3.8, 4) is 0 Å². The Morgan fingerprint density at radius 2 is 2.00 bits per heavy atom. The van der Waals surface area contributed by atoms with Gasteiger partial charge in [-0.05, 0) is 60.9 Å². The van der Waals surface area contributed by atoms with Crippen LogP contribution in [-0.4, -0.2) is 43.2 Å². The van der Waals surface area contributed by atoms with Gasteiger partial charge >= 0.3 is 0 Å². The summed E-state index contributed by atoms with van der Waals surface area (Å²) < 4.78 is 14.5. The van der Waals surface area contributed by atoms with Gasteiger partial charge in [-0.25, -0.2) is 4.39 Å². The monoisotopic (exact) mass is 333 g/mol. The van der Waals surface area contributed by atoms with Crippen molar-refractivity contribution in [1.82, 2.24) is 4.90 Å². The maximum Gasteiger partial charge on any atom is 0.266 e. The lowest BCUT2D eigenvalue weighted by Gasteiger charge is -2.19. The van der Waals surface area contributed by atoms with Gasteiger partial charge in [0.15, 0.2) is 5.17 Å². The number of hydrogen-bond acceptors (Lipinski definition) is 4. The Kier molecular flexibility index (Phi) is 4.43. The first-order chi connectivity index (χ1) is 11.0. The van der Waals surface area contributed by atoms with Crippen LogP contribution in [0.25, 0.3) is 6.08 Å². The van der Waals surface area contributed by atoms with Gasteiger partial charge in [0.1, 0.15) is 5.82 Å². The number of halogens is 1. The first-order valence-electron chi connectivity index (χ1n) is 7.70. The maximum absolute atomic E-state index is 14.5. The summed E-state index contributed by atoms with van der Waals surface area (Å²) in [6.07, 6.45) is 3.98. The van der Waals surface area contributed by atoms with Gasteiger partial charge in [0.2, 0.25) is 0 Å². The third-order valence-corrected chi connectivity index (χ3v) is 5.42. The van der Waals surface area contributed by atoms with E-state index < -0.39 is 0 Å². The molecule has 0 bridgehead atoms. The third-order valence-electron chi connectivity index (χ3n) is 4.26. The van der Waals surface area contributed by atoms with Crippen LogP contribution in [0.3, 0.4) is 0 Å². The molecule has 0 spiro atoms. The Labute approximate surface area is 140 Å². The van der Waals surface area contributed by atoms with E-state index in [-0.39, 0.29) is 11.7 Å². The van der Waals surface area contributed by atoms with Gasteiger partial charge in [0.25, 0.3) is 5.91 Å².